The molecule has 0 aromatic heterocycles. The molecule has 3 nitrogen and oxygen atoms in total. The van der Waals surface area contributed by atoms with Crippen LogP contribution in [0.4, 0.5) is 0 Å². The van der Waals surface area contributed by atoms with Crippen molar-refractivity contribution in [1.29, 1.82) is 0 Å². The van der Waals surface area contributed by atoms with Gasteiger partial charge in [0.15, 0.2) is 0 Å². The Labute approximate surface area is 185 Å². The van der Waals surface area contributed by atoms with Crippen molar-refractivity contribution in [3.05, 3.63) is 0 Å². The Morgan fingerprint density at radius 2 is 1.57 bits per heavy atom. The quantitative estimate of drug-likeness (QED) is 0.546. The van der Waals surface area contributed by atoms with Crippen molar-refractivity contribution in [2.75, 3.05) is 0 Å². The van der Waals surface area contributed by atoms with E-state index in [1.54, 1.807) is 0 Å². The zero-order valence-corrected chi connectivity index (χ0v) is 20.2. The summed E-state index contributed by atoms with van der Waals surface area (Å²) in [5, 5.41) is 32.8. The molecule has 0 spiro atoms. The molecule has 0 radical (unpaired) electrons. The van der Waals surface area contributed by atoms with Crippen LogP contribution in [0.25, 0.3) is 0 Å². The van der Waals surface area contributed by atoms with Gasteiger partial charge in [-0.25, -0.2) is 0 Å². The summed E-state index contributed by atoms with van der Waals surface area (Å²) < 4.78 is 0. The van der Waals surface area contributed by atoms with Gasteiger partial charge >= 0.3 is 0 Å². The van der Waals surface area contributed by atoms with Gasteiger partial charge in [0.1, 0.15) is 0 Å². The van der Waals surface area contributed by atoms with E-state index in [1.165, 1.54) is 38.5 Å². The fourth-order valence-electron chi connectivity index (χ4n) is 9.21. The lowest BCUT2D eigenvalue weighted by Crippen LogP contribution is -2.57. The van der Waals surface area contributed by atoms with Crippen LogP contribution < -0.4 is 0 Å². The highest BCUT2D eigenvalue weighted by Gasteiger charge is 2.63. The van der Waals surface area contributed by atoms with Gasteiger partial charge in [-0.2, -0.15) is 0 Å². The van der Waals surface area contributed by atoms with Crippen molar-refractivity contribution in [1.82, 2.24) is 0 Å². The number of fused-ring (bicyclic) bond motifs is 5. The second-order valence-corrected chi connectivity index (χ2v) is 13.0. The number of hydrogen-bond donors (Lipinski definition) is 3. The van der Waals surface area contributed by atoms with Gasteiger partial charge in [-0.3, -0.25) is 0 Å². The third kappa shape index (κ3) is 3.59. The number of hydrogen-bond acceptors (Lipinski definition) is 3. The Balaban J connectivity index is 1.53. The van der Waals surface area contributed by atoms with E-state index in [0.29, 0.717) is 29.6 Å². The highest BCUT2D eigenvalue weighted by atomic mass is 16.3. The Morgan fingerprint density at radius 1 is 0.900 bits per heavy atom. The van der Waals surface area contributed by atoms with Gasteiger partial charge in [0, 0.05) is 0 Å². The Bertz CT molecular complexity index is 615. The normalized spacial score (nSPS) is 49.1. The van der Waals surface area contributed by atoms with Gasteiger partial charge in [-0.15, -0.1) is 0 Å². The van der Waals surface area contributed by atoms with Crippen LogP contribution in [-0.2, 0) is 0 Å². The minimum atomic E-state index is -0.985. The van der Waals surface area contributed by atoms with Crippen molar-refractivity contribution >= 4 is 0 Å². The molecule has 4 rings (SSSR count). The minimum absolute atomic E-state index is 0.0771. The van der Waals surface area contributed by atoms with Gasteiger partial charge in [0.2, 0.25) is 0 Å². The molecule has 3 heteroatoms. The minimum Gasteiger partial charge on any atom is -0.393 e. The summed E-state index contributed by atoms with van der Waals surface area (Å²) in [4.78, 5) is 0. The zero-order chi connectivity index (χ0) is 21.9. The highest BCUT2D eigenvalue weighted by molar-refractivity contribution is 5.12. The average Bonchev–Trinajstić information content (AvgIpc) is 3.04. The molecule has 0 aromatic carbocycles. The molecular formula is C27H48O3. The lowest BCUT2D eigenvalue weighted by molar-refractivity contribution is -0.167. The fourth-order valence-corrected chi connectivity index (χ4v) is 9.21. The topological polar surface area (TPSA) is 60.7 Å². The van der Waals surface area contributed by atoms with E-state index in [9.17, 15) is 15.3 Å². The van der Waals surface area contributed by atoms with E-state index in [1.807, 2.05) is 6.92 Å². The molecule has 3 N–H and O–H groups in total. The van der Waals surface area contributed by atoms with Gasteiger partial charge in [0.05, 0.1) is 17.8 Å². The molecule has 4 saturated carbocycles. The maximum atomic E-state index is 11.6. The molecule has 10 atom stereocenters. The number of aliphatic hydroxyl groups is 3. The lowest BCUT2D eigenvalue weighted by Gasteiger charge is -2.61. The average molecular weight is 421 g/mol. The SMILES string of the molecule is CC(C)CC[C@@H](O)C(C)(O)[C@H]1CC[C@H]2[C@@H]3CC[C@H]4C[C@@H](O)CC[C@]4(C)[C@H]3CC[C@]12C. The summed E-state index contributed by atoms with van der Waals surface area (Å²) in [6.45, 7) is 11.3. The first-order chi connectivity index (χ1) is 14.0. The molecule has 0 aliphatic heterocycles. The number of rotatable bonds is 5. The van der Waals surface area contributed by atoms with Crippen LogP contribution in [0.2, 0.25) is 0 Å². The Morgan fingerprint density at radius 3 is 2.27 bits per heavy atom. The van der Waals surface area contributed by atoms with Gasteiger partial charge in [-0.1, -0.05) is 27.7 Å². The molecule has 0 saturated heterocycles. The van der Waals surface area contributed by atoms with E-state index in [0.717, 1.165) is 37.5 Å². The Kier molecular flexibility index (Phi) is 6.17. The zero-order valence-electron chi connectivity index (χ0n) is 20.2. The van der Waals surface area contributed by atoms with Crippen molar-refractivity contribution in [2.45, 2.75) is 123 Å². The van der Waals surface area contributed by atoms with E-state index in [-0.39, 0.29) is 17.4 Å². The van der Waals surface area contributed by atoms with Crippen LogP contribution >= 0.6 is 0 Å². The van der Waals surface area contributed by atoms with Gasteiger partial charge in [0.25, 0.3) is 0 Å². The molecular weight excluding hydrogens is 372 g/mol. The largest absolute Gasteiger partial charge is 0.393 e. The van der Waals surface area contributed by atoms with Crippen LogP contribution in [0, 0.1) is 46.3 Å². The van der Waals surface area contributed by atoms with Crippen LogP contribution in [0.15, 0.2) is 0 Å². The van der Waals surface area contributed by atoms with E-state index in [4.69, 9.17) is 0 Å². The van der Waals surface area contributed by atoms with Crippen molar-refractivity contribution in [3.63, 3.8) is 0 Å². The smallest absolute Gasteiger partial charge is 0.0910 e. The summed E-state index contributed by atoms with van der Waals surface area (Å²) in [5.41, 5.74) is -0.428. The van der Waals surface area contributed by atoms with Gasteiger partial charge in [-0.05, 0) is 124 Å². The van der Waals surface area contributed by atoms with Crippen LogP contribution in [0.5, 0.6) is 0 Å². The lowest BCUT2D eigenvalue weighted by atomic mass is 9.44. The van der Waals surface area contributed by atoms with Crippen LogP contribution in [0.1, 0.15) is 105 Å². The number of aliphatic hydroxyl groups excluding tert-OH is 2. The van der Waals surface area contributed by atoms with Crippen LogP contribution in [-0.4, -0.2) is 33.1 Å². The summed E-state index contributed by atoms with van der Waals surface area (Å²) in [7, 11) is 0. The molecule has 4 fully saturated rings. The fraction of sp³-hybridized carbons (Fsp3) is 1.00. The highest BCUT2D eigenvalue weighted by Crippen LogP contribution is 2.68. The first kappa shape index (κ1) is 23.1. The maximum Gasteiger partial charge on any atom is 0.0910 e. The monoisotopic (exact) mass is 420 g/mol. The van der Waals surface area contributed by atoms with Crippen molar-refractivity contribution < 1.29 is 15.3 Å². The molecule has 4 aliphatic rings. The molecule has 0 aromatic rings. The van der Waals surface area contributed by atoms with E-state index < -0.39 is 11.7 Å². The summed E-state index contributed by atoms with van der Waals surface area (Å²) >= 11 is 0. The first-order valence-electron chi connectivity index (χ1n) is 13.1. The van der Waals surface area contributed by atoms with Crippen molar-refractivity contribution in [3.8, 4) is 0 Å². The molecule has 30 heavy (non-hydrogen) atoms. The molecule has 0 amide bonds. The standard InChI is InChI=1S/C27H48O3/c1-17(2)6-11-24(29)27(5,30)23-10-9-21-20-8-7-18-16-19(28)12-14-25(18,3)22(20)13-15-26(21,23)4/h17-24,28-30H,6-16H2,1-5H3/t18-,19-,20-,21-,22-,23-,24+,25-,26-,27?/m0/s1. The van der Waals surface area contributed by atoms with E-state index >= 15 is 0 Å². The van der Waals surface area contributed by atoms with Crippen LogP contribution in [0.3, 0.4) is 0 Å². The summed E-state index contributed by atoms with van der Waals surface area (Å²) in [6, 6.07) is 0. The van der Waals surface area contributed by atoms with Gasteiger partial charge < -0.3 is 15.3 Å². The summed E-state index contributed by atoms with van der Waals surface area (Å²) in [6.07, 6.45) is 11.5. The van der Waals surface area contributed by atoms with E-state index in [2.05, 4.69) is 27.7 Å². The predicted octanol–water partition coefficient (Wildman–Crippen LogP) is 5.55. The van der Waals surface area contributed by atoms with Crippen molar-refractivity contribution in [2.24, 2.45) is 46.3 Å². The maximum absolute atomic E-state index is 11.6. The molecule has 0 bridgehead atoms. The molecule has 4 aliphatic carbocycles. The second kappa shape index (κ2) is 8.03. The molecule has 0 heterocycles. The predicted molar refractivity (Wildman–Crippen MR) is 122 cm³/mol. The second-order valence-electron chi connectivity index (χ2n) is 13.0. The molecule has 174 valence electrons. The Hall–Kier alpha value is -0.120. The first-order valence-corrected chi connectivity index (χ1v) is 13.1. The molecule has 1 unspecified atom stereocenters. The summed E-state index contributed by atoms with van der Waals surface area (Å²) in [5.74, 6) is 3.71. The third-order valence-corrected chi connectivity index (χ3v) is 11.0. The third-order valence-electron chi connectivity index (χ3n) is 11.0.